The molecule has 15 heavy (non-hydrogen) atoms. The maximum absolute atomic E-state index is 9.08. The highest BCUT2D eigenvalue weighted by molar-refractivity contribution is 6.30. The zero-order valence-electron chi connectivity index (χ0n) is 9.21. The predicted molar refractivity (Wildman–Crippen MR) is 61.3 cm³/mol. The molecule has 0 aliphatic rings. The van der Waals surface area contributed by atoms with Crippen molar-refractivity contribution in [2.24, 2.45) is 0 Å². The van der Waals surface area contributed by atoms with Crippen LogP contribution in [0, 0.1) is 13.8 Å². The largest absolute Gasteiger partial charge is 0.394 e. The number of hydrogen-bond donors (Lipinski definition) is 2. The number of anilines is 1. The molecule has 84 valence electrons. The fourth-order valence-electron chi connectivity index (χ4n) is 1.20. The molecule has 0 aliphatic heterocycles. The van der Waals surface area contributed by atoms with Crippen LogP contribution in [0.25, 0.3) is 0 Å². The first-order chi connectivity index (χ1) is 7.08. The molecule has 0 spiro atoms. The van der Waals surface area contributed by atoms with Crippen molar-refractivity contribution in [3.05, 3.63) is 16.5 Å². The van der Waals surface area contributed by atoms with E-state index >= 15 is 0 Å². The van der Waals surface area contributed by atoms with Crippen LogP contribution in [0.3, 0.4) is 0 Å². The van der Waals surface area contributed by atoms with E-state index in [0.717, 1.165) is 12.0 Å². The van der Waals surface area contributed by atoms with E-state index in [0.29, 0.717) is 16.8 Å². The van der Waals surface area contributed by atoms with Crippen LogP contribution in [-0.4, -0.2) is 27.7 Å². The van der Waals surface area contributed by atoms with Gasteiger partial charge in [-0.15, -0.1) is 0 Å². The van der Waals surface area contributed by atoms with Crippen LogP contribution in [-0.2, 0) is 0 Å². The van der Waals surface area contributed by atoms with Crippen LogP contribution >= 0.6 is 11.6 Å². The lowest BCUT2D eigenvalue weighted by atomic mass is 10.2. The van der Waals surface area contributed by atoms with Gasteiger partial charge in [-0.2, -0.15) is 0 Å². The van der Waals surface area contributed by atoms with E-state index in [-0.39, 0.29) is 12.6 Å². The quantitative estimate of drug-likeness (QED) is 0.775. The third-order valence-electron chi connectivity index (χ3n) is 2.25. The third kappa shape index (κ3) is 3.04. The lowest BCUT2D eigenvalue weighted by Gasteiger charge is -2.16. The smallest absolute Gasteiger partial charge is 0.137 e. The molecule has 5 heteroatoms. The highest BCUT2D eigenvalue weighted by Crippen LogP contribution is 2.20. The molecule has 0 aliphatic carbocycles. The van der Waals surface area contributed by atoms with Crippen molar-refractivity contribution < 1.29 is 5.11 Å². The zero-order valence-corrected chi connectivity index (χ0v) is 9.97. The lowest BCUT2D eigenvalue weighted by Crippen LogP contribution is -2.24. The summed E-state index contributed by atoms with van der Waals surface area (Å²) in [6.07, 6.45) is 0.830. The molecule has 1 heterocycles. The second-order valence-electron chi connectivity index (χ2n) is 3.47. The Morgan fingerprint density at radius 2 is 2.07 bits per heavy atom. The van der Waals surface area contributed by atoms with Gasteiger partial charge in [-0.1, -0.05) is 18.5 Å². The van der Waals surface area contributed by atoms with Crippen molar-refractivity contribution in [1.82, 2.24) is 9.97 Å². The Kier molecular flexibility index (Phi) is 4.29. The van der Waals surface area contributed by atoms with E-state index in [2.05, 4.69) is 15.3 Å². The summed E-state index contributed by atoms with van der Waals surface area (Å²) >= 11 is 5.94. The van der Waals surface area contributed by atoms with Crippen molar-refractivity contribution in [1.29, 1.82) is 0 Å². The Hall–Kier alpha value is -0.870. The van der Waals surface area contributed by atoms with Crippen LogP contribution in [0.2, 0.25) is 5.15 Å². The number of nitrogens with zero attached hydrogens (tertiary/aromatic N) is 2. The molecule has 1 atom stereocenters. The lowest BCUT2D eigenvalue weighted by molar-refractivity contribution is 0.271. The molecule has 1 unspecified atom stereocenters. The molecule has 0 saturated heterocycles. The topological polar surface area (TPSA) is 58.0 Å². The molecule has 0 aromatic carbocycles. The summed E-state index contributed by atoms with van der Waals surface area (Å²) in [5.41, 5.74) is 0.814. The van der Waals surface area contributed by atoms with Crippen molar-refractivity contribution in [3.63, 3.8) is 0 Å². The van der Waals surface area contributed by atoms with Gasteiger partial charge < -0.3 is 10.4 Å². The van der Waals surface area contributed by atoms with Gasteiger partial charge in [0, 0.05) is 5.56 Å². The van der Waals surface area contributed by atoms with Crippen LogP contribution in [0.4, 0.5) is 5.82 Å². The Balaban J connectivity index is 2.93. The van der Waals surface area contributed by atoms with Gasteiger partial charge in [-0.05, 0) is 20.3 Å². The van der Waals surface area contributed by atoms with Gasteiger partial charge in [-0.25, -0.2) is 9.97 Å². The number of halogens is 1. The van der Waals surface area contributed by atoms with Crippen LogP contribution in [0.1, 0.15) is 24.7 Å². The molecular formula is C10H16ClN3O. The van der Waals surface area contributed by atoms with E-state index in [1.807, 2.05) is 13.8 Å². The molecule has 2 N–H and O–H groups in total. The van der Waals surface area contributed by atoms with Gasteiger partial charge in [0.25, 0.3) is 0 Å². The van der Waals surface area contributed by atoms with E-state index in [1.165, 1.54) is 0 Å². The number of hydrogen-bond acceptors (Lipinski definition) is 4. The van der Waals surface area contributed by atoms with Crippen molar-refractivity contribution in [3.8, 4) is 0 Å². The van der Waals surface area contributed by atoms with Crippen LogP contribution in [0.5, 0.6) is 0 Å². The summed E-state index contributed by atoms with van der Waals surface area (Å²) in [5, 5.41) is 12.7. The minimum Gasteiger partial charge on any atom is -0.394 e. The summed E-state index contributed by atoms with van der Waals surface area (Å²) < 4.78 is 0. The average molecular weight is 230 g/mol. The number of aliphatic hydroxyl groups is 1. The fourth-order valence-corrected chi connectivity index (χ4v) is 1.42. The highest BCUT2D eigenvalue weighted by Gasteiger charge is 2.10. The minimum atomic E-state index is 0.00840. The van der Waals surface area contributed by atoms with Gasteiger partial charge in [-0.3, -0.25) is 0 Å². The number of aliphatic hydroxyl groups excluding tert-OH is 1. The maximum Gasteiger partial charge on any atom is 0.137 e. The molecule has 0 radical (unpaired) electrons. The SMILES string of the molecule is CCC(CO)Nc1nc(C)nc(Cl)c1C. The van der Waals surface area contributed by atoms with Gasteiger partial charge >= 0.3 is 0 Å². The van der Waals surface area contributed by atoms with Crippen molar-refractivity contribution in [2.45, 2.75) is 33.2 Å². The Bertz CT molecular complexity index is 340. The molecule has 0 bridgehead atoms. The molecule has 0 amide bonds. The van der Waals surface area contributed by atoms with Crippen molar-refractivity contribution in [2.75, 3.05) is 11.9 Å². The second-order valence-corrected chi connectivity index (χ2v) is 3.83. The van der Waals surface area contributed by atoms with E-state index in [4.69, 9.17) is 16.7 Å². The maximum atomic E-state index is 9.08. The van der Waals surface area contributed by atoms with Gasteiger partial charge in [0.2, 0.25) is 0 Å². The number of aryl methyl sites for hydroxylation is 1. The normalized spacial score (nSPS) is 12.6. The Morgan fingerprint density at radius 3 is 2.60 bits per heavy atom. The summed E-state index contributed by atoms with van der Waals surface area (Å²) in [7, 11) is 0. The average Bonchev–Trinajstić information content (AvgIpc) is 2.21. The second kappa shape index (κ2) is 5.28. The molecule has 1 rings (SSSR count). The van der Waals surface area contributed by atoms with E-state index in [1.54, 1.807) is 6.92 Å². The summed E-state index contributed by atoms with van der Waals surface area (Å²) in [6.45, 7) is 5.72. The minimum absolute atomic E-state index is 0.00840. The van der Waals surface area contributed by atoms with Gasteiger partial charge in [0.05, 0.1) is 12.6 Å². The molecule has 4 nitrogen and oxygen atoms in total. The van der Waals surface area contributed by atoms with Crippen LogP contribution in [0.15, 0.2) is 0 Å². The molecular weight excluding hydrogens is 214 g/mol. The van der Waals surface area contributed by atoms with E-state index < -0.39 is 0 Å². The van der Waals surface area contributed by atoms with Gasteiger partial charge in [0.15, 0.2) is 0 Å². The van der Waals surface area contributed by atoms with Gasteiger partial charge in [0.1, 0.15) is 16.8 Å². The predicted octanol–water partition coefficient (Wildman–Crippen LogP) is 1.93. The third-order valence-corrected chi connectivity index (χ3v) is 2.62. The first-order valence-corrected chi connectivity index (χ1v) is 5.34. The summed E-state index contributed by atoms with van der Waals surface area (Å²) in [5.74, 6) is 1.33. The molecule has 1 aromatic rings. The standard InChI is InChI=1S/C10H16ClN3O/c1-4-8(5-15)14-10-6(2)9(11)12-7(3)13-10/h8,15H,4-5H2,1-3H3,(H,12,13,14). The Morgan fingerprint density at radius 1 is 1.40 bits per heavy atom. The highest BCUT2D eigenvalue weighted by atomic mass is 35.5. The number of nitrogens with one attached hydrogen (secondary N) is 1. The zero-order chi connectivity index (χ0) is 11.4. The first-order valence-electron chi connectivity index (χ1n) is 4.96. The molecule has 0 fully saturated rings. The van der Waals surface area contributed by atoms with Crippen molar-refractivity contribution >= 4 is 17.4 Å². The number of rotatable bonds is 4. The molecule has 1 aromatic heterocycles. The van der Waals surface area contributed by atoms with Crippen LogP contribution < -0.4 is 5.32 Å². The summed E-state index contributed by atoms with van der Waals surface area (Å²) in [4.78, 5) is 8.30. The Labute approximate surface area is 94.7 Å². The fraction of sp³-hybridized carbons (Fsp3) is 0.600. The summed E-state index contributed by atoms with van der Waals surface area (Å²) in [6, 6.07) is 0.00840. The van der Waals surface area contributed by atoms with E-state index in [9.17, 15) is 0 Å². The monoisotopic (exact) mass is 229 g/mol. The number of aromatic nitrogens is 2. The molecule has 0 saturated carbocycles. The first kappa shape index (κ1) is 12.2.